The Balaban J connectivity index is 4.03. The zero-order chi connectivity index (χ0) is 14.1. The summed E-state index contributed by atoms with van der Waals surface area (Å²) >= 11 is 1.65. The van der Waals surface area contributed by atoms with Crippen molar-refractivity contribution in [3.8, 4) is 0 Å². The minimum atomic E-state index is -0.860. The van der Waals surface area contributed by atoms with Gasteiger partial charge in [0.2, 0.25) is 0 Å². The van der Waals surface area contributed by atoms with E-state index in [1.807, 2.05) is 27.0 Å². The Labute approximate surface area is 113 Å². The SMILES string of the molecule is CSCC(C)NC(=O)NCC(CC(C)C)C(=O)O. The van der Waals surface area contributed by atoms with Crippen LogP contribution >= 0.6 is 11.8 Å². The Bertz CT molecular complexity index is 272. The van der Waals surface area contributed by atoms with E-state index in [-0.39, 0.29) is 18.6 Å². The zero-order valence-corrected chi connectivity index (χ0v) is 12.3. The van der Waals surface area contributed by atoms with Crippen molar-refractivity contribution in [1.82, 2.24) is 10.6 Å². The van der Waals surface area contributed by atoms with Crippen LogP contribution in [0.15, 0.2) is 0 Å². The summed E-state index contributed by atoms with van der Waals surface area (Å²) in [7, 11) is 0. The molecule has 0 saturated carbocycles. The first-order valence-electron chi connectivity index (χ1n) is 6.12. The van der Waals surface area contributed by atoms with E-state index in [0.717, 1.165) is 5.75 Å². The van der Waals surface area contributed by atoms with Gasteiger partial charge >= 0.3 is 12.0 Å². The predicted octanol–water partition coefficient (Wildman–Crippen LogP) is 1.78. The van der Waals surface area contributed by atoms with Gasteiger partial charge in [-0.05, 0) is 25.5 Å². The molecular weight excluding hydrogens is 252 g/mol. The number of amides is 2. The minimum absolute atomic E-state index is 0.0772. The largest absolute Gasteiger partial charge is 0.481 e. The van der Waals surface area contributed by atoms with Crippen molar-refractivity contribution in [1.29, 1.82) is 0 Å². The third-order valence-electron chi connectivity index (χ3n) is 2.41. The molecule has 0 rings (SSSR count). The number of aliphatic carboxylic acids is 1. The van der Waals surface area contributed by atoms with Gasteiger partial charge in [-0.3, -0.25) is 4.79 Å². The lowest BCUT2D eigenvalue weighted by molar-refractivity contribution is -0.142. The van der Waals surface area contributed by atoms with Crippen LogP contribution in [0, 0.1) is 11.8 Å². The van der Waals surface area contributed by atoms with Crippen molar-refractivity contribution >= 4 is 23.8 Å². The second-order valence-corrected chi connectivity index (χ2v) is 5.79. The van der Waals surface area contributed by atoms with Gasteiger partial charge in [-0.25, -0.2) is 4.79 Å². The van der Waals surface area contributed by atoms with Crippen LogP contribution in [-0.2, 0) is 4.79 Å². The highest BCUT2D eigenvalue weighted by atomic mass is 32.2. The summed E-state index contributed by atoms with van der Waals surface area (Å²) in [4.78, 5) is 22.5. The number of thioether (sulfide) groups is 1. The summed E-state index contributed by atoms with van der Waals surface area (Å²) in [6.07, 6.45) is 2.54. The van der Waals surface area contributed by atoms with Gasteiger partial charge < -0.3 is 15.7 Å². The maximum absolute atomic E-state index is 11.5. The van der Waals surface area contributed by atoms with Gasteiger partial charge in [-0.2, -0.15) is 11.8 Å². The quantitative estimate of drug-likeness (QED) is 0.631. The van der Waals surface area contributed by atoms with Crippen molar-refractivity contribution < 1.29 is 14.7 Å². The number of rotatable bonds is 8. The second kappa shape index (κ2) is 9.08. The van der Waals surface area contributed by atoms with Crippen LogP contribution in [0.2, 0.25) is 0 Å². The Hall–Kier alpha value is -0.910. The fraction of sp³-hybridized carbons (Fsp3) is 0.833. The number of carbonyl (C=O) groups is 2. The van der Waals surface area contributed by atoms with Crippen LogP contribution < -0.4 is 10.6 Å². The van der Waals surface area contributed by atoms with E-state index in [2.05, 4.69) is 10.6 Å². The summed E-state index contributed by atoms with van der Waals surface area (Å²) < 4.78 is 0. The number of hydrogen-bond donors (Lipinski definition) is 3. The topological polar surface area (TPSA) is 78.4 Å². The molecule has 2 amide bonds. The zero-order valence-electron chi connectivity index (χ0n) is 11.5. The van der Waals surface area contributed by atoms with E-state index in [1.165, 1.54) is 0 Å². The van der Waals surface area contributed by atoms with Gasteiger partial charge in [0.15, 0.2) is 0 Å². The van der Waals surface area contributed by atoms with Gasteiger partial charge in [0.25, 0.3) is 0 Å². The predicted molar refractivity (Wildman–Crippen MR) is 75.0 cm³/mol. The Morgan fingerprint density at radius 2 is 1.89 bits per heavy atom. The van der Waals surface area contributed by atoms with Crippen molar-refractivity contribution in [3.05, 3.63) is 0 Å². The van der Waals surface area contributed by atoms with E-state index in [1.54, 1.807) is 11.8 Å². The number of urea groups is 1. The molecule has 0 radical (unpaired) electrons. The third kappa shape index (κ3) is 8.22. The molecule has 0 spiro atoms. The lowest BCUT2D eigenvalue weighted by Gasteiger charge is -2.17. The fourth-order valence-corrected chi connectivity index (χ4v) is 2.21. The molecule has 0 aromatic heterocycles. The van der Waals surface area contributed by atoms with Crippen LogP contribution in [-0.4, -0.2) is 41.7 Å². The molecule has 3 N–H and O–H groups in total. The molecule has 6 heteroatoms. The van der Waals surface area contributed by atoms with E-state index >= 15 is 0 Å². The normalized spacial score (nSPS) is 14.1. The van der Waals surface area contributed by atoms with Crippen LogP contribution in [0.3, 0.4) is 0 Å². The van der Waals surface area contributed by atoms with Crippen LogP contribution in [0.1, 0.15) is 27.2 Å². The lowest BCUT2D eigenvalue weighted by atomic mass is 9.97. The first-order valence-corrected chi connectivity index (χ1v) is 7.52. The Kier molecular flexibility index (Phi) is 8.62. The van der Waals surface area contributed by atoms with Crippen LogP contribution in [0.25, 0.3) is 0 Å². The molecule has 0 bridgehead atoms. The molecule has 106 valence electrons. The Morgan fingerprint density at radius 1 is 1.28 bits per heavy atom. The van der Waals surface area contributed by atoms with Crippen molar-refractivity contribution in [3.63, 3.8) is 0 Å². The molecule has 0 aliphatic heterocycles. The van der Waals surface area contributed by atoms with Crippen LogP contribution in [0.4, 0.5) is 4.79 Å². The highest BCUT2D eigenvalue weighted by molar-refractivity contribution is 7.98. The van der Waals surface area contributed by atoms with Gasteiger partial charge in [-0.15, -0.1) is 0 Å². The molecule has 0 fully saturated rings. The summed E-state index contributed by atoms with van der Waals surface area (Å²) in [6, 6.07) is -0.222. The summed E-state index contributed by atoms with van der Waals surface area (Å²) in [5, 5.41) is 14.4. The lowest BCUT2D eigenvalue weighted by Crippen LogP contribution is -2.44. The summed E-state index contributed by atoms with van der Waals surface area (Å²) in [5.41, 5.74) is 0. The van der Waals surface area contributed by atoms with E-state index in [0.29, 0.717) is 12.3 Å². The Morgan fingerprint density at radius 3 is 2.33 bits per heavy atom. The molecule has 0 heterocycles. The fourth-order valence-electron chi connectivity index (χ4n) is 1.62. The van der Waals surface area contributed by atoms with Gasteiger partial charge in [0, 0.05) is 18.3 Å². The molecule has 5 nitrogen and oxygen atoms in total. The molecule has 2 atom stereocenters. The van der Waals surface area contributed by atoms with Crippen molar-refractivity contribution in [2.45, 2.75) is 33.2 Å². The molecule has 0 aliphatic rings. The molecular formula is C12H24N2O3S. The first kappa shape index (κ1) is 17.1. The highest BCUT2D eigenvalue weighted by Gasteiger charge is 2.19. The number of hydrogen-bond acceptors (Lipinski definition) is 3. The second-order valence-electron chi connectivity index (χ2n) is 4.88. The van der Waals surface area contributed by atoms with E-state index < -0.39 is 11.9 Å². The van der Waals surface area contributed by atoms with Crippen molar-refractivity contribution in [2.24, 2.45) is 11.8 Å². The number of carbonyl (C=O) groups excluding carboxylic acids is 1. The molecule has 18 heavy (non-hydrogen) atoms. The van der Waals surface area contributed by atoms with E-state index in [4.69, 9.17) is 5.11 Å². The smallest absolute Gasteiger partial charge is 0.315 e. The average molecular weight is 276 g/mol. The number of carboxylic acids is 1. The number of carboxylic acid groups (broad SMARTS) is 1. The monoisotopic (exact) mass is 276 g/mol. The highest BCUT2D eigenvalue weighted by Crippen LogP contribution is 2.10. The molecule has 0 aliphatic carbocycles. The minimum Gasteiger partial charge on any atom is -0.481 e. The summed E-state index contributed by atoms with van der Waals surface area (Å²) in [6.45, 7) is 6.03. The van der Waals surface area contributed by atoms with Crippen molar-refractivity contribution in [2.75, 3.05) is 18.6 Å². The molecule has 2 unspecified atom stereocenters. The van der Waals surface area contributed by atoms with E-state index in [9.17, 15) is 9.59 Å². The summed E-state index contributed by atoms with van der Waals surface area (Å²) in [5.74, 6) is -0.249. The third-order valence-corrected chi connectivity index (χ3v) is 3.24. The molecule has 0 aromatic carbocycles. The van der Waals surface area contributed by atoms with Crippen LogP contribution in [0.5, 0.6) is 0 Å². The molecule has 0 aromatic rings. The van der Waals surface area contributed by atoms with Gasteiger partial charge in [0.1, 0.15) is 0 Å². The maximum atomic E-state index is 11.5. The number of nitrogens with one attached hydrogen (secondary N) is 2. The first-order chi connectivity index (χ1) is 8.36. The van der Waals surface area contributed by atoms with Gasteiger partial charge in [-0.1, -0.05) is 13.8 Å². The standard InChI is InChI=1S/C12H24N2O3S/c1-8(2)5-10(11(15)16)6-13-12(17)14-9(3)7-18-4/h8-10H,5-7H2,1-4H3,(H,15,16)(H2,13,14,17). The maximum Gasteiger partial charge on any atom is 0.315 e. The average Bonchev–Trinajstić information content (AvgIpc) is 2.23. The van der Waals surface area contributed by atoms with Gasteiger partial charge in [0.05, 0.1) is 5.92 Å². The molecule has 0 saturated heterocycles.